The van der Waals surface area contributed by atoms with Crippen LogP contribution in [0.15, 0.2) is 12.5 Å². The van der Waals surface area contributed by atoms with Gasteiger partial charge in [-0.1, -0.05) is 0 Å². The number of aromatic nitrogens is 4. The molecule has 3 heterocycles. The normalized spacial score (nSPS) is 22.8. The van der Waals surface area contributed by atoms with Crippen LogP contribution in [0.1, 0.15) is 5.82 Å². The zero-order valence-corrected chi connectivity index (χ0v) is 17.2. The van der Waals surface area contributed by atoms with Crippen LogP contribution >= 0.6 is 16.0 Å². The van der Waals surface area contributed by atoms with Crippen LogP contribution in [-0.4, -0.2) is 78.4 Å². The van der Waals surface area contributed by atoms with Gasteiger partial charge < -0.3 is 0 Å². The van der Waals surface area contributed by atoms with E-state index in [0.29, 0.717) is 11.2 Å². The van der Waals surface area contributed by atoms with E-state index in [2.05, 4.69) is 19.5 Å². The molecule has 2 aromatic rings. The molecule has 3 unspecified atom stereocenters. The molecule has 0 spiro atoms. The Hall–Kier alpha value is -1.15. The molecule has 4 N–H and O–H groups in total. The Balaban J connectivity index is 1.70. The summed E-state index contributed by atoms with van der Waals surface area (Å²) < 4.78 is 38.0. The summed E-state index contributed by atoms with van der Waals surface area (Å²) in [6, 6.07) is 0. The van der Waals surface area contributed by atoms with Gasteiger partial charge in [0.25, 0.3) is 0 Å². The number of hydrogen-bond acceptors (Lipinski definition) is 12. The second kappa shape index (κ2) is 9.33. The topological polar surface area (TPSA) is 188 Å². The molecule has 16 heteroatoms. The Morgan fingerprint density at radius 1 is 1.41 bits per heavy atom. The summed E-state index contributed by atoms with van der Waals surface area (Å²) in [6.07, 6.45) is 0.722. The van der Waals surface area contributed by atoms with E-state index in [1.54, 1.807) is 0 Å². The standard InChI is InChI=1S/C13H22N4O10P2/c1-23-28(19,20)25-3-2-17-12(16-9-4-14-8-15-13(9)17)7-26-29(21,22)27-11-6-24-5-10(11)18/h4,8,10-11,18-20,28H,2-3,5-7H2,1H3,(H,21,22). The minimum absolute atomic E-state index is 0.00112. The molecule has 3 atom stereocenters. The zero-order chi connectivity index (χ0) is 21.1. The van der Waals surface area contributed by atoms with E-state index in [-0.39, 0.29) is 32.2 Å². The fraction of sp³-hybridized carbons (Fsp3) is 0.615. The van der Waals surface area contributed by atoms with Gasteiger partial charge in [-0.05, 0) is 0 Å². The summed E-state index contributed by atoms with van der Waals surface area (Å²) >= 11 is 0. The number of aliphatic hydroxyl groups is 1. The van der Waals surface area contributed by atoms with Crippen LogP contribution in [0.5, 0.6) is 0 Å². The molecule has 3 rings (SSSR count). The SMILES string of the molecule is CO[PH](O)(O)OCCn1c(COP(=O)(O)OC2COCC2O)nc2cncnc21. The van der Waals surface area contributed by atoms with Gasteiger partial charge in [0, 0.05) is 0 Å². The predicted molar refractivity (Wildman–Crippen MR) is 97.3 cm³/mol. The first-order valence-electron chi connectivity index (χ1n) is 8.41. The molecule has 0 saturated carbocycles. The van der Waals surface area contributed by atoms with Crippen LogP contribution in [0.25, 0.3) is 11.2 Å². The number of phosphoric acid groups is 1. The van der Waals surface area contributed by atoms with Crippen molar-refractivity contribution in [3.63, 3.8) is 0 Å². The van der Waals surface area contributed by atoms with E-state index in [1.165, 1.54) is 17.1 Å². The number of hydrogen-bond donors (Lipinski definition) is 4. The number of rotatable bonds is 10. The summed E-state index contributed by atoms with van der Waals surface area (Å²) in [6.45, 7) is -0.556. The molecule has 0 amide bonds. The summed E-state index contributed by atoms with van der Waals surface area (Å²) in [4.78, 5) is 41.0. The summed E-state index contributed by atoms with van der Waals surface area (Å²) in [5.41, 5.74) is 0.777. The number of nitrogens with zero attached hydrogens (tertiary/aromatic N) is 4. The molecular weight excluding hydrogens is 434 g/mol. The maximum absolute atomic E-state index is 12.2. The first kappa shape index (κ1) is 22.5. The Morgan fingerprint density at radius 2 is 2.21 bits per heavy atom. The Morgan fingerprint density at radius 3 is 2.90 bits per heavy atom. The molecule has 1 aliphatic rings. The number of phosphoric ester groups is 1. The van der Waals surface area contributed by atoms with Crippen LogP contribution in [0.2, 0.25) is 0 Å². The molecule has 0 aliphatic carbocycles. The summed E-state index contributed by atoms with van der Waals surface area (Å²) in [5.74, 6) is 0.200. The number of imidazole rings is 1. The fourth-order valence-electron chi connectivity index (χ4n) is 2.56. The van der Waals surface area contributed by atoms with Crippen LogP contribution in [-0.2, 0) is 40.5 Å². The molecule has 1 fully saturated rings. The van der Waals surface area contributed by atoms with Crippen LogP contribution in [0, 0.1) is 0 Å². The first-order chi connectivity index (χ1) is 13.7. The monoisotopic (exact) mass is 456 g/mol. The van der Waals surface area contributed by atoms with Crippen molar-refractivity contribution in [2.75, 3.05) is 26.9 Å². The van der Waals surface area contributed by atoms with Gasteiger partial charge in [-0.2, -0.15) is 0 Å². The van der Waals surface area contributed by atoms with Crippen molar-refractivity contribution in [3.05, 3.63) is 18.3 Å². The van der Waals surface area contributed by atoms with Crippen molar-refractivity contribution in [1.82, 2.24) is 19.5 Å². The van der Waals surface area contributed by atoms with E-state index >= 15 is 0 Å². The number of aliphatic hydroxyl groups excluding tert-OH is 1. The molecule has 0 aromatic carbocycles. The summed E-state index contributed by atoms with van der Waals surface area (Å²) in [5, 5.41) is 9.63. The van der Waals surface area contributed by atoms with Gasteiger partial charge in [-0.15, -0.1) is 0 Å². The van der Waals surface area contributed by atoms with E-state index in [0.717, 1.165) is 7.11 Å². The van der Waals surface area contributed by atoms with Crippen molar-refractivity contribution >= 4 is 27.2 Å². The van der Waals surface area contributed by atoms with Gasteiger partial charge in [0.15, 0.2) is 0 Å². The minimum atomic E-state index is -4.52. The fourth-order valence-corrected chi connectivity index (χ4v) is 3.92. The molecule has 14 nitrogen and oxygen atoms in total. The van der Waals surface area contributed by atoms with Crippen molar-refractivity contribution in [1.29, 1.82) is 0 Å². The van der Waals surface area contributed by atoms with Crippen molar-refractivity contribution in [2.45, 2.75) is 25.4 Å². The van der Waals surface area contributed by atoms with Crippen molar-refractivity contribution in [3.8, 4) is 0 Å². The van der Waals surface area contributed by atoms with Gasteiger partial charge in [-0.25, -0.2) is 0 Å². The second-order valence-electron chi connectivity index (χ2n) is 6.00. The molecule has 0 radical (unpaired) electrons. The number of ether oxygens (including phenoxy) is 1. The Kier molecular flexibility index (Phi) is 7.25. The number of fused-ring (bicyclic) bond motifs is 1. The third-order valence-electron chi connectivity index (χ3n) is 3.99. The molecule has 1 saturated heterocycles. The summed E-state index contributed by atoms with van der Waals surface area (Å²) in [7, 11) is -7.62. The van der Waals surface area contributed by atoms with E-state index in [1.807, 2.05) is 0 Å². The molecule has 1 aliphatic heterocycles. The zero-order valence-electron chi connectivity index (χ0n) is 15.3. The van der Waals surface area contributed by atoms with E-state index < -0.39 is 34.8 Å². The Bertz CT molecular complexity index is 880. The van der Waals surface area contributed by atoms with E-state index in [4.69, 9.17) is 18.3 Å². The van der Waals surface area contributed by atoms with Crippen molar-refractivity contribution < 1.29 is 47.2 Å². The van der Waals surface area contributed by atoms with Gasteiger partial charge in [-0.3, -0.25) is 0 Å². The molecule has 29 heavy (non-hydrogen) atoms. The van der Waals surface area contributed by atoms with Gasteiger partial charge in [0.1, 0.15) is 0 Å². The van der Waals surface area contributed by atoms with Crippen LogP contribution in [0.3, 0.4) is 0 Å². The quantitative estimate of drug-likeness (QED) is 0.328. The molecular formula is C13H22N4O10P2. The molecule has 164 valence electrons. The van der Waals surface area contributed by atoms with Gasteiger partial charge in [0.05, 0.1) is 0 Å². The third kappa shape index (κ3) is 5.94. The average Bonchev–Trinajstić information content (AvgIpc) is 3.23. The molecule has 0 bridgehead atoms. The Labute approximate surface area is 165 Å². The second-order valence-corrected chi connectivity index (χ2v) is 9.20. The predicted octanol–water partition coefficient (Wildman–Crippen LogP) is -0.723. The van der Waals surface area contributed by atoms with Crippen molar-refractivity contribution in [2.24, 2.45) is 0 Å². The molecule has 2 aromatic heterocycles. The third-order valence-corrected chi connectivity index (χ3v) is 6.09. The van der Waals surface area contributed by atoms with Crippen LogP contribution in [0.4, 0.5) is 0 Å². The van der Waals surface area contributed by atoms with Gasteiger partial charge in [0.2, 0.25) is 0 Å². The van der Waals surface area contributed by atoms with Crippen LogP contribution < -0.4 is 0 Å². The maximum atomic E-state index is 12.2. The average molecular weight is 456 g/mol. The first-order valence-corrected chi connectivity index (χ1v) is 11.6. The van der Waals surface area contributed by atoms with Gasteiger partial charge >= 0.3 is 164 Å². The van der Waals surface area contributed by atoms with E-state index in [9.17, 15) is 24.4 Å².